The van der Waals surface area contributed by atoms with Crippen molar-refractivity contribution >= 4 is 5.82 Å². The maximum atomic E-state index is 5.34. The summed E-state index contributed by atoms with van der Waals surface area (Å²) in [6.45, 7) is 7.67. The van der Waals surface area contributed by atoms with E-state index in [1.54, 1.807) is 0 Å². The molecule has 0 saturated carbocycles. The standard InChI is InChI=1S/C11H17N3O/c1-3-4-8-15-9-7-12-11-6-5-10(2)13-14-11/h3,5-6H,1,4,7-9H2,2H3,(H,12,14). The van der Waals surface area contributed by atoms with E-state index in [4.69, 9.17) is 4.74 Å². The fourth-order valence-corrected chi connectivity index (χ4v) is 1.01. The van der Waals surface area contributed by atoms with Crippen LogP contribution >= 0.6 is 0 Å². The van der Waals surface area contributed by atoms with Crippen LogP contribution < -0.4 is 5.32 Å². The van der Waals surface area contributed by atoms with Gasteiger partial charge in [0.1, 0.15) is 5.82 Å². The summed E-state index contributed by atoms with van der Waals surface area (Å²) in [6.07, 6.45) is 2.74. The maximum Gasteiger partial charge on any atom is 0.148 e. The van der Waals surface area contributed by atoms with Crippen molar-refractivity contribution in [3.8, 4) is 0 Å². The summed E-state index contributed by atoms with van der Waals surface area (Å²) in [7, 11) is 0. The quantitative estimate of drug-likeness (QED) is 0.547. The van der Waals surface area contributed by atoms with Gasteiger partial charge in [0.25, 0.3) is 0 Å². The number of hydrogen-bond donors (Lipinski definition) is 1. The number of aryl methyl sites for hydroxylation is 1. The van der Waals surface area contributed by atoms with Crippen LogP contribution in [0.15, 0.2) is 24.8 Å². The van der Waals surface area contributed by atoms with Crippen LogP contribution in [0.25, 0.3) is 0 Å². The van der Waals surface area contributed by atoms with Gasteiger partial charge in [-0.1, -0.05) is 6.08 Å². The van der Waals surface area contributed by atoms with Crippen molar-refractivity contribution in [3.05, 3.63) is 30.5 Å². The summed E-state index contributed by atoms with van der Waals surface area (Å²) in [5.74, 6) is 0.785. The van der Waals surface area contributed by atoms with Crippen LogP contribution in [0.2, 0.25) is 0 Å². The lowest BCUT2D eigenvalue weighted by molar-refractivity contribution is 0.149. The molecule has 0 aliphatic heterocycles. The van der Waals surface area contributed by atoms with Gasteiger partial charge in [0.15, 0.2) is 0 Å². The molecule has 0 spiro atoms. The smallest absolute Gasteiger partial charge is 0.148 e. The zero-order valence-electron chi connectivity index (χ0n) is 9.07. The Morgan fingerprint density at radius 2 is 2.27 bits per heavy atom. The molecule has 1 aromatic heterocycles. The number of hydrogen-bond acceptors (Lipinski definition) is 4. The highest BCUT2D eigenvalue weighted by Crippen LogP contribution is 1.99. The topological polar surface area (TPSA) is 47.0 Å². The van der Waals surface area contributed by atoms with Gasteiger partial charge in [0, 0.05) is 6.54 Å². The van der Waals surface area contributed by atoms with Gasteiger partial charge in [0.05, 0.1) is 18.9 Å². The summed E-state index contributed by atoms with van der Waals surface area (Å²) in [5, 5.41) is 11.0. The summed E-state index contributed by atoms with van der Waals surface area (Å²) >= 11 is 0. The number of aromatic nitrogens is 2. The highest BCUT2D eigenvalue weighted by Gasteiger charge is 1.93. The number of rotatable bonds is 7. The lowest BCUT2D eigenvalue weighted by Crippen LogP contribution is -2.11. The van der Waals surface area contributed by atoms with E-state index < -0.39 is 0 Å². The van der Waals surface area contributed by atoms with Crippen molar-refractivity contribution in [2.45, 2.75) is 13.3 Å². The van der Waals surface area contributed by atoms with E-state index in [0.29, 0.717) is 6.61 Å². The van der Waals surface area contributed by atoms with E-state index in [2.05, 4.69) is 22.1 Å². The van der Waals surface area contributed by atoms with Gasteiger partial charge < -0.3 is 10.1 Å². The Morgan fingerprint density at radius 1 is 1.40 bits per heavy atom. The molecule has 4 heteroatoms. The summed E-state index contributed by atoms with van der Waals surface area (Å²) < 4.78 is 5.34. The Kier molecular flexibility index (Phi) is 5.40. The first-order valence-electron chi connectivity index (χ1n) is 5.06. The third-order valence-corrected chi connectivity index (χ3v) is 1.82. The van der Waals surface area contributed by atoms with Gasteiger partial charge in [-0.05, 0) is 25.5 Å². The molecule has 0 radical (unpaired) electrons. The second-order valence-electron chi connectivity index (χ2n) is 3.18. The van der Waals surface area contributed by atoms with Crippen molar-refractivity contribution in [1.29, 1.82) is 0 Å². The van der Waals surface area contributed by atoms with Crippen molar-refractivity contribution in [2.75, 3.05) is 25.1 Å². The van der Waals surface area contributed by atoms with Gasteiger partial charge in [-0.25, -0.2) is 0 Å². The first-order valence-corrected chi connectivity index (χ1v) is 5.06. The zero-order chi connectivity index (χ0) is 10.9. The minimum absolute atomic E-state index is 0.670. The Labute approximate surface area is 90.4 Å². The lowest BCUT2D eigenvalue weighted by Gasteiger charge is -2.05. The Bertz CT molecular complexity index is 284. The molecule has 0 saturated heterocycles. The molecule has 0 unspecified atom stereocenters. The largest absolute Gasteiger partial charge is 0.379 e. The van der Waals surface area contributed by atoms with Gasteiger partial charge >= 0.3 is 0 Å². The molecule has 0 aliphatic carbocycles. The minimum atomic E-state index is 0.670. The average Bonchev–Trinajstić information content (AvgIpc) is 2.26. The molecule has 0 aliphatic rings. The molecule has 15 heavy (non-hydrogen) atoms. The monoisotopic (exact) mass is 207 g/mol. The fraction of sp³-hybridized carbons (Fsp3) is 0.455. The lowest BCUT2D eigenvalue weighted by atomic mass is 10.4. The van der Waals surface area contributed by atoms with Gasteiger partial charge in [-0.15, -0.1) is 11.7 Å². The number of nitrogens with zero attached hydrogens (tertiary/aromatic N) is 2. The van der Waals surface area contributed by atoms with Gasteiger partial charge in [-0.3, -0.25) is 0 Å². The Morgan fingerprint density at radius 3 is 2.93 bits per heavy atom. The first kappa shape index (κ1) is 11.7. The molecule has 0 fully saturated rings. The van der Waals surface area contributed by atoms with Crippen LogP contribution in [0.3, 0.4) is 0 Å². The molecule has 1 aromatic rings. The molecule has 1 rings (SSSR count). The third-order valence-electron chi connectivity index (χ3n) is 1.82. The summed E-state index contributed by atoms with van der Waals surface area (Å²) in [5.41, 5.74) is 0.919. The number of ether oxygens (including phenoxy) is 1. The minimum Gasteiger partial charge on any atom is -0.379 e. The molecule has 0 bridgehead atoms. The van der Waals surface area contributed by atoms with Crippen molar-refractivity contribution in [2.24, 2.45) is 0 Å². The predicted octanol–water partition coefficient (Wildman–Crippen LogP) is 1.79. The van der Waals surface area contributed by atoms with Crippen molar-refractivity contribution < 1.29 is 4.74 Å². The van der Waals surface area contributed by atoms with Crippen LogP contribution in [0.5, 0.6) is 0 Å². The van der Waals surface area contributed by atoms with Gasteiger partial charge in [0.2, 0.25) is 0 Å². The van der Waals surface area contributed by atoms with E-state index in [1.807, 2.05) is 25.1 Å². The highest BCUT2D eigenvalue weighted by molar-refractivity contribution is 5.32. The average molecular weight is 207 g/mol. The molecule has 1 heterocycles. The Hall–Kier alpha value is -1.42. The fourth-order valence-electron chi connectivity index (χ4n) is 1.01. The van der Waals surface area contributed by atoms with Gasteiger partial charge in [-0.2, -0.15) is 5.10 Å². The Balaban J connectivity index is 2.09. The SMILES string of the molecule is C=CCCOCCNc1ccc(C)nn1. The third kappa shape index (κ3) is 5.12. The van der Waals surface area contributed by atoms with E-state index in [9.17, 15) is 0 Å². The molecular weight excluding hydrogens is 190 g/mol. The maximum absolute atomic E-state index is 5.34. The molecule has 1 N–H and O–H groups in total. The molecular formula is C11H17N3O. The first-order chi connectivity index (χ1) is 7.33. The van der Waals surface area contributed by atoms with E-state index in [1.165, 1.54) is 0 Å². The number of nitrogens with one attached hydrogen (secondary N) is 1. The van der Waals surface area contributed by atoms with Crippen LogP contribution in [0, 0.1) is 6.92 Å². The molecule has 0 aromatic carbocycles. The molecule has 82 valence electrons. The van der Waals surface area contributed by atoms with Crippen LogP contribution in [-0.4, -0.2) is 30.0 Å². The van der Waals surface area contributed by atoms with Crippen LogP contribution in [0.1, 0.15) is 12.1 Å². The second kappa shape index (κ2) is 6.95. The second-order valence-corrected chi connectivity index (χ2v) is 3.18. The summed E-state index contributed by atoms with van der Waals surface area (Å²) in [4.78, 5) is 0. The van der Waals surface area contributed by atoms with E-state index in [-0.39, 0.29) is 0 Å². The predicted molar refractivity (Wildman–Crippen MR) is 60.9 cm³/mol. The zero-order valence-corrected chi connectivity index (χ0v) is 9.07. The van der Waals surface area contributed by atoms with Crippen LogP contribution in [0.4, 0.5) is 5.82 Å². The normalized spacial score (nSPS) is 9.93. The van der Waals surface area contributed by atoms with Crippen LogP contribution in [-0.2, 0) is 4.74 Å². The molecule has 0 amide bonds. The summed E-state index contributed by atoms with van der Waals surface area (Å²) in [6, 6.07) is 3.83. The van der Waals surface area contributed by atoms with Crippen molar-refractivity contribution in [3.63, 3.8) is 0 Å². The molecule has 0 atom stereocenters. The van der Waals surface area contributed by atoms with E-state index >= 15 is 0 Å². The van der Waals surface area contributed by atoms with E-state index in [0.717, 1.165) is 31.1 Å². The highest BCUT2D eigenvalue weighted by atomic mass is 16.5. The molecule has 4 nitrogen and oxygen atoms in total. The number of anilines is 1. The van der Waals surface area contributed by atoms with Crippen molar-refractivity contribution in [1.82, 2.24) is 10.2 Å².